The van der Waals surface area contributed by atoms with Gasteiger partial charge in [-0.3, -0.25) is 4.79 Å². The summed E-state index contributed by atoms with van der Waals surface area (Å²) in [5, 5.41) is 3.78. The van der Waals surface area contributed by atoms with Gasteiger partial charge in [0, 0.05) is 29.6 Å². The number of methoxy groups -OCH3 is 1. The fraction of sp³-hybridized carbons (Fsp3) is 0.238. The molecular formula is C21H22N2O4. The summed E-state index contributed by atoms with van der Waals surface area (Å²) < 4.78 is 10.4. The van der Waals surface area contributed by atoms with Gasteiger partial charge in [-0.2, -0.15) is 0 Å². The fourth-order valence-electron chi connectivity index (χ4n) is 2.85. The molecule has 6 heteroatoms. The molecule has 3 aromatic rings. The number of rotatable bonds is 6. The quantitative estimate of drug-likeness (QED) is 0.679. The standard InChI is InChI=1S/C21H22N2O4/c1-23(2)9-8-22-20(24)15-10-14(11-16(12-15)21(25)26-3)18-13-27-19-7-5-4-6-17(18)19/h4-7,10-13H,8-9H2,1-3H3,(H,22,24). The van der Waals surface area contributed by atoms with Crippen molar-refractivity contribution in [2.24, 2.45) is 0 Å². The van der Waals surface area contributed by atoms with Crippen LogP contribution in [0.3, 0.4) is 0 Å². The number of hydrogen-bond acceptors (Lipinski definition) is 5. The Morgan fingerprint density at radius 3 is 2.59 bits per heavy atom. The third-order valence-electron chi connectivity index (χ3n) is 4.25. The van der Waals surface area contributed by atoms with Gasteiger partial charge in [0.1, 0.15) is 5.58 Å². The summed E-state index contributed by atoms with van der Waals surface area (Å²) in [5.41, 5.74) is 3.00. The molecule has 0 bridgehead atoms. The Bertz CT molecular complexity index is 975. The summed E-state index contributed by atoms with van der Waals surface area (Å²) in [4.78, 5) is 26.6. The molecule has 1 amide bonds. The summed E-state index contributed by atoms with van der Waals surface area (Å²) >= 11 is 0. The van der Waals surface area contributed by atoms with Gasteiger partial charge < -0.3 is 19.4 Å². The highest BCUT2D eigenvalue weighted by Crippen LogP contribution is 2.31. The van der Waals surface area contributed by atoms with Crippen LogP contribution in [0.4, 0.5) is 0 Å². The lowest BCUT2D eigenvalue weighted by Crippen LogP contribution is -2.31. The minimum absolute atomic E-state index is 0.239. The first-order valence-corrected chi connectivity index (χ1v) is 8.62. The number of carbonyl (C=O) groups excluding carboxylic acids is 2. The Kier molecular flexibility index (Phi) is 5.57. The largest absolute Gasteiger partial charge is 0.465 e. The predicted molar refractivity (Wildman–Crippen MR) is 104 cm³/mol. The number of furan rings is 1. The maximum Gasteiger partial charge on any atom is 0.337 e. The van der Waals surface area contributed by atoms with Crippen molar-refractivity contribution in [3.63, 3.8) is 0 Å². The van der Waals surface area contributed by atoms with Gasteiger partial charge in [0.25, 0.3) is 5.91 Å². The van der Waals surface area contributed by atoms with E-state index in [-0.39, 0.29) is 5.91 Å². The molecule has 0 saturated heterocycles. The predicted octanol–water partition coefficient (Wildman–Crippen LogP) is 3.18. The molecule has 0 unspecified atom stereocenters. The highest BCUT2D eigenvalue weighted by atomic mass is 16.5. The minimum atomic E-state index is -0.494. The Hall–Kier alpha value is -3.12. The number of benzene rings is 2. The molecule has 0 aliphatic carbocycles. The monoisotopic (exact) mass is 366 g/mol. The number of para-hydroxylation sites is 1. The van der Waals surface area contributed by atoms with Crippen molar-refractivity contribution in [1.29, 1.82) is 0 Å². The van der Waals surface area contributed by atoms with Gasteiger partial charge in [0.05, 0.1) is 18.9 Å². The van der Waals surface area contributed by atoms with Crippen molar-refractivity contribution in [2.75, 3.05) is 34.3 Å². The zero-order valence-electron chi connectivity index (χ0n) is 15.6. The average molecular weight is 366 g/mol. The fourth-order valence-corrected chi connectivity index (χ4v) is 2.85. The highest BCUT2D eigenvalue weighted by molar-refractivity contribution is 6.02. The summed E-state index contributed by atoms with van der Waals surface area (Å²) in [6.07, 6.45) is 1.63. The first-order valence-electron chi connectivity index (χ1n) is 8.62. The summed E-state index contributed by atoms with van der Waals surface area (Å²) in [6.45, 7) is 1.24. The Balaban J connectivity index is 2.01. The second-order valence-electron chi connectivity index (χ2n) is 6.50. The Labute approximate surface area is 157 Å². The average Bonchev–Trinajstić information content (AvgIpc) is 3.10. The van der Waals surface area contributed by atoms with Crippen molar-refractivity contribution in [1.82, 2.24) is 10.2 Å². The van der Waals surface area contributed by atoms with E-state index in [0.29, 0.717) is 17.7 Å². The zero-order chi connectivity index (χ0) is 19.4. The Morgan fingerprint density at radius 2 is 1.85 bits per heavy atom. The van der Waals surface area contributed by atoms with E-state index in [1.54, 1.807) is 24.5 Å². The van der Waals surface area contributed by atoms with Gasteiger partial charge in [0.2, 0.25) is 0 Å². The molecule has 1 aromatic heterocycles. The molecule has 6 nitrogen and oxygen atoms in total. The molecule has 0 spiro atoms. The zero-order valence-corrected chi connectivity index (χ0v) is 15.6. The minimum Gasteiger partial charge on any atom is -0.465 e. The number of ether oxygens (including phenoxy) is 1. The van der Waals surface area contributed by atoms with Crippen molar-refractivity contribution < 1.29 is 18.7 Å². The number of nitrogens with zero attached hydrogens (tertiary/aromatic N) is 1. The number of amides is 1. The van der Waals surface area contributed by atoms with E-state index in [4.69, 9.17) is 9.15 Å². The van der Waals surface area contributed by atoms with Crippen LogP contribution >= 0.6 is 0 Å². The van der Waals surface area contributed by atoms with Gasteiger partial charge in [-0.15, -0.1) is 0 Å². The second-order valence-corrected chi connectivity index (χ2v) is 6.50. The first kappa shape index (κ1) is 18.7. The number of carbonyl (C=O) groups is 2. The number of esters is 1. The molecule has 140 valence electrons. The van der Waals surface area contributed by atoms with Crippen molar-refractivity contribution in [3.05, 3.63) is 59.9 Å². The molecule has 0 radical (unpaired) electrons. The number of likely N-dealkylation sites (N-methyl/N-ethyl adjacent to an activating group) is 1. The summed E-state index contributed by atoms with van der Waals surface area (Å²) in [5.74, 6) is -0.733. The molecule has 27 heavy (non-hydrogen) atoms. The molecule has 1 heterocycles. The van der Waals surface area contributed by atoms with E-state index < -0.39 is 5.97 Å². The van der Waals surface area contributed by atoms with E-state index >= 15 is 0 Å². The topological polar surface area (TPSA) is 71.8 Å². The van der Waals surface area contributed by atoms with Crippen LogP contribution in [0.1, 0.15) is 20.7 Å². The molecule has 3 rings (SSSR count). The van der Waals surface area contributed by atoms with E-state index in [1.165, 1.54) is 7.11 Å². The molecule has 0 aliphatic rings. The van der Waals surface area contributed by atoms with Crippen LogP contribution < -0.4 is 5.32 Å². The maximum absolute atomic E-state index is 12.6. The molecule has 0 fully saturated rings. The van der Waals surface area contributed by atoms with E-state index in [2.05, 4.69) is 5.32 Å². The molecular weight excluding hydrogens is 344 g/mol. The van der Waals surface area contributed by atoms with Crippen LogP contribution in [0.5, 0.6) is 0 Å². The van der Waals surface area contributed by atoms with Gasteiger partial charge in [-0.25, -0.2) is 4.79 Å². The molecule has 0 saturated carbocycles. The van der Waals surface area contributed by atoms with E-state index in [1.807, 2.05) is 43.3 Å². The highest BCUT2D eigenvalue weighted by Gasteiger charge is 2.16. The van der Waals surface area contributed by atoms with Gasteiger partial charge >= 0.3 is 5.97 Å². The van der Waals surface area contributed by atoms with Crippen molar-refractivity contribution >= 4 is 22.8 Å². The number of fused-ring (bicyclic) bond motifs is 1. The molecule has 0 aliphatic heterocycles. The molecule has 2 aromatic carbocycles. The lowest BCUT2D eigenvalue weighted by atomic mass is 9.99. The van der Waals surface area contributed by atoms with Crippen LogP contribution in [0, 0.1) is 0 Å². The number of hydrogen-bond donors (Lipinski definition) is 1. The van der Waals surface area contributed by atoms with Gasteiger partial charge in [0.15, 0.2) is 0 Å². The third kappa shape index (κ3) is 4.17. The molecule has 0 atom stereocenters. The van der Waals surface area contributed by atoms with Gasteiger partial charge in [-0.05, 0) is 43.9 Å². The van der Waals surface area contributed by atoms with Crippen molar-refractivity contribution in [3.8, 4) is 11.1 Å². The Morgan fingerprint density at radius 1 is 1.11 bits per heavy atom. The van der Waals surface area contributed by atoms with Crippen LogP contribution in [-0.4, -0.2) is 51.1 Å². The van der Waals surface area contributed by atoms with Crippen molar-refractivity contribution in [2.45, 2.75) is 0 Å². The third-order valence-corrected chi connectivity index (χ3v) is 4.25. The maximum atomic E-state index is 12.6. The summed E-state index contributed by atoms with van der Waals surface area (Å²) in [7, 11) is 5.19. The SMILES string of the molecule is COC(=O)c1cc(C(=O)NCCN(C)C)cc(-c2coc3ccccc23)c1. The normalized spacial score (nSPS) is 11.0. The lowest BCUT2D eigenvalue weighted by Gasteiger charge is -2.12. The van der Waals surface area contributed by atoms with E-state index in [9.17, 15) is 9.59 Å². The van der Waals surface area contributed by atoms with Crippen LogP contribution in [0.15, 0.2) is 53.1 Å². The smallest absolute Gasteiger partial charge is 0.337 e. The first-order chi connectivity index (χ1) is 13.0. The van der Waals surface area contributed by atoms with Gasteiger partial charge in [-0.1, -0.05) is 18.2 Å². The van der Waals surface area contributed by atoms with Crippen LogP contribution in [0.25, 0.3) is 22.1 Å². The van der Waals surface area contributed by atoms with E-state index in [0.717, 1.165) is 28.6 Å². The number of nitrogens with one attached hydrogen (secondary N) is 1. The molecule has 1 N–H and O–H groups in total. The second kappa shape index (κ2) is 8.05. The lowest BCUT2D eigenvalue weighted by molar-refractivity contribution is 0.0600. The summed E-state index contributed by atoms with van der Waals surface area (Å²) in [6, 6.07) is 12.6. The van der Waals surface area contributed by atoms with Crippen LogP contribution in [0.2, 0.25) is 0 Å². The van der Waals surface area contributed by atoms with Crippen LogP contribution in [-0.2, 0) is 4.74 Å².